The minimum atomic E-state index is -0.372. The monoisotopic (exact) mass is 313 g/mol. The fourth-order valence-corrected chi connectivity index (χ4v) is 3.42. The first-order chi connectivity index (χ1) is 11.7. The zero-order chi connectivity index (χ0) is 16.3. The molecule has 1 aliphatic rings. The summed E-state index contributed by atoms with van der Waals surface area (Å²) in [6.45, 7) is 0. The molecule has 1 N–H and O–H groups in total. The first kappa shape index (κ1) is 13.0. The van der Waals surface area contributed by atoms with Crippen LogP contribution in [0.2, 0.25) is 0 Å². The van der Waals surface area contributed by atoms with Gasteiger partial charge >= 0.3 is 0 Å². The van der Waals surface area contributed by atoms with Gasteiger partial charge in [-0.15, -0.1) is 0 Å². The normalized spacial score (nSPS) is 12.0. The van der Waals surface area contributed by atoms with Crippen LogP contribution in [0.15, 0.2) is 60.7 Å². The van der Waals surface area contributed by atoms with Crippen molar-refractivity contribution in [3.8, 4) is 11.1 Å². The number of hydrogen-bond donors (Lipinski definition) is 1. The number of aromatic nitrogens is 1. The average molecular weight is 313 g/mol. The highest BCUT2D eigenvalue weighted by atomic mass is 16.6. The Morgan fingerprint density at radius 1 is 0.917 bits per heavy atom. The Hall–Kier alpha value is -3.47. The van der Waals surface area contributed by atoms with Crippen LogP contribution in [0, 0.1) is 10.1 Å². The van der Waals surface area contributed by atoms with Crippen molar-refractivity contribution in [1.29, 1.82) is 0 Å². The van der Waals surface area contributed by atoms with Gasteiger partial charge in [-0.1, -0.05) is 30.3 Å². The van der Waals surface area contributed by atoms with E-state index in [-0.39, 0.29) is 10.6 Å². The minimum absolute atomic E-state index is 0.0789. The van der Waals surface area contributed by atoms with E-state index < -0.39 is 0 Å². The molecule has 4 aromatic rings. The Morgan fingerprint density at radius 2 is 1.75 bits per heavy atom. The molecule has 1 aliphatic heterocycles. The number of nitrogens with one attached hydrogen (secondary N) is 1. The molecule has 0 radical (unpaired) electrons. The van der Waals surface area contributed by atoms with E-state index in [2.05, 4.69) is 5.32 Å². The lowest BCUT2D eigenvalue weighted by atomic mass is 9.92. The summed E-state index contributed by atoms with van der Waals surface area (Å²) in [6.07, 6.45) is 0. The number of hydrogen-bond acceptors (Lipinski definition) is 4. The number of anilines is 2. The van der Waals surface area contributed by atoms with Crippen molar-refractivity contribution in [1.82, 2.24) is 4.98 Å². The second-order valence-corrected chi connectivity index (χ2v) is 5.82. The molecule has 0 atom stereocenters. The summed E-state index contributed by atoms with van der Waals surface area (Å²) in [4.78, 5) is 15.5. The van der Waals surface area contributed by atoms with E-state index >= 15 is 0 Å². The number of nitrogens with zero attached hydrogens (tertiary/aromatic N) is 2. The van der Waals surface area contributed by atoms with Crippen molar-refractivity contribution in [3.63, 3.8) is 0 Å². The molecule has 24 heavy (non-hydrogen) atoms. The van der Waals surface area contributed by atoms with Gasteiger partial charge in [-0.05, 0) is 23.8 Å². The molecule has 0 spiro atoms. The fraction of sp³-hybridized carbons (Fsp3) is 0. The molecule has 0 unspecified atom stereocenters. The van der Waals surface area contributed by atoms with Crippen LogP contribution in [0.5, 0.6) is 0 Å². The Bertz CT molecular complexity index is 1170. The van der Waals surface area contributed by atoms with Crippen molar-refractivity contribution < 1.29 is 4.92 Å². The van der Waals surface area contributed by atoms with Gasteiger partial charge < -0.3 is 5.32 Å². The number of rotatable bonds is 1. The molecule has 0 saturated heterocycles. The maximum Gasteiger partial charge on any atom is 0.271 e. The highest BCUT2D eigenvalue weighted by molar-refractivity contribution is 6.18. The number of benzene rings is 3. The number of fused-ring (bicyclic) bond motifs is 4. The van der Waals surface area contributed by atoms with E-state index in [9.17, 15) is 10.1 Å². The maximum atomic E-state index is 11.1. The van der Waals surface area contributed by atoms with Gasteiger partial charge in [0.15, 0.2) is 0 Å². The largest absolute Gasteiger partial charge is 0.354 e. The second-order valence-electron chi connectivity index (χ2n) is 5.82. The lowest BCUT2D eigenvalue weighted by molar-refractivity contribution is -0.384. The molecule has 0 bridgehead atoms. The quantitative estimate of drug-likeness (QED) is 0.268. The van der Waals surface area contributed by atoms with Crippen molar-refractivity contribution in [2.24, 2.45) is 0 Å². The van der Waals surface area contributed by atoms with Crippen molar-refractivity contribution >= 4 is 38.9 Å². The molecule has 0 fully saturated rings. The van der Waals surface area contributed by atoms with Gasteiger partial charge in [0.2, 0.25) is 0 Å². The van der Waals surface area contributed by atoms with Gasteiger partial charge in [0.1, 0.15) is 0 Å². The highest BCUT2D eigenvalue weighted by Crippen LogP contribution is 2.46. The van der Waals surface area contributed by atoms with Crippen LogP contribution in [0.4, 0.5) is 17.1 Å². The van der Waals surface area contributed by atoms with E-state index in [0.717, 1.165) is 44.3 Å². The van der Waals surface area contributed by atoms with Crippen LogP contribution in [0.25, 0.3) is 32.9 Å². The van der Waals surface area contributed by atoms with Crippen LogP contribution in [0.3, 0.4) is 0 Å². The number of non-ortho nitro benzene ring substituents is 1. The lowest BCUT2D eigenvalue weighted by Crippen LogP contribution is -2.03. The molecule has 3 aromatic carbocycles. The summed E-state index contributed by atoms with van der Waals surface area (Å²) in [5.41, 5.74) is 5.60. The van der Waals surface area contributed by atoms with Crippen molar-refractivity contribution in [2.75, 3.05) is 5.32 Å². The third kappa shape index (κ3) is 1.66. The summed E-state index contributed by atoms with van der Waals surface area (Å²) in [5, 5.41) is 16.6. The third-order valence-corrected chi connectivity index (χ3v) is 4.47. The van der Waals surface area contributed by atoms with E-state index in [0.29, 0.717) is 0 Å². The predicted octanol–water partition coefficient (Wildman–Crippen LogP) is 5.02. The van der Waals surface area contributed by atoms with Gasteiger partial charge in [0.05, 0.1) is 27.3 Å². The number of para-hydroxylation sites is 1. The molecular formula is C19H11N3O2. The van der Waals surface area contributed by atoms with Crippen LogP contribution in [-0.4, -0.2) is 9.91 Å². The van der Waals surface area contributed by atoms with Gasteiger partial charge in [-0.2, -0.15) is 0 Å². The topological polar surface area (TPSA) is 68.1 Å². The fourth-order valence-electron chi connectivity index (χ4n) is 3.42. The SMILES string of the molecule is O=[N+]([O-])c1ccc2c(c1)Nc1c3ccccc3nc3cccc-2c13. The standard InChI is InChI=1S/C19H11N3O2/c23-22(24)11-8-9-12-13-5-3-7-16-18(13)19(21-17(12)10-11)14-4-1-2-6-15(14)20-16/h1-10,21H. The van der Waals surface area contributed by atoms with Crippen LogP contribution >= 0.6 is 0 Å². The number of nitro groups is 1. The summed E-state index contributed by atoms with van der Waals surface area (Å²) in [5.74, 6) is 0. The zero-order valence-electron chi connectivity index (χ0n) is 12.5. The summed E-state index contributed by atoms with van der Waals surface area (Å²) >= 11 is 0. The van der Waals surface area contributed by atoms with E-state index in [4.69, 9.17) is 4.98 Å². The predicted molar refractivity (Wildman–Crippen MR) is 94.6 cm³/mol. The molecule has 2 heterocycles. The summed E-state index contributed by atoms with van der Waals surface area (Å²) in [6, 6.07) is 18.9. The van der Waals surface area contributed by atoms with E-state index in [1.54, 1.807) is 18.2 Å². The molecule has 114 valence electrons. The molecule has 5 nitrogen and oxygen atoms in total. The first-order valence-corrected chi connectivity index (χ1v) is 7.60. The molecule has 5 rings (SSSR count). The van der Waals surface area contributed by atoms with Crippen LogP contribution in [0.1, 0.15) is 0 Å². The molecular weight excluding hydrogens is 302 g/mol. The molecule has 0 saturated carbocycles. The van der Waals surface area contributed by atoms with E-state index in [1.165, 1.54) is 0 Å². The Labute approximate surface area is 136 Å². The minimum Gasteiger partial charge on any atom is -0.354 e. The summed E-state index contributed by atoms with van der Waals surface area (Å²) < 4.78 is 0. The third-order valence-electron chi connectivity index (χ3n) is 4.47. The Balaban J connectivity index is 1.93. The van der Waals surface area contributed by atoms with Crippen molar-refractivity contribution in [3.05, 3.63) is 70.8 Å². The van der Waals surface area contributed by atoms with Gasteiger partial charge in [-0.25, -0.2) is 4.98 Å². The van der Waals surface area contributed by atoms with Gasteiger partial charge in [0.25, 0.3) is 5.69 Å². The Kier molecular flexibility index (Phi) is 2.45. The summed E-state index contributed by atoms with van der Waals surface area (Å²) in [7, 11) is 0. The highest BCUT2D eigenvalue weighted by Gasteiger charge is 2.22. The van der Waals surface area contributed by atoms with Crippen molar-refractivity contribution in [2.45, 2.75) is 0 Å². The van der Waals surface area contributed by atoms with Gasteiger partial charge in [-0.3, -0.25) is 10.1 Å². The Morgan fingerprint density at radius 3 is 2.62 bits per heavy atom. The lowest BCUT2D eigenvalue weighted by Gasteiger charge is -2.23. The first-order valence-electron chi connectivity index (χ1n) is 7.60. The molecule has 5 heteroatoms. The average Bonchev–Trinajstić information content (AvgIpc) is 2.61. The second kappa shape index (κ2) is 4.52. The van der Waals surface area contributed by atoms with Crippen LogP contribution in [-0.2, 0) is 0 Å². The number of pyridine rings is 1. The molecule has 1 aromatic heterocycles. The number of nitro benzene ring substituents is 1. The molecule has 0 aliphatic carbocycles. The smallest absolute Gasteiger partial charge is 0.271 e. The van der Waals surface area contributed by atoms with E-state index in [1.807, 2.05) is 42.5 Å². The molecule has 0 amide bonds. The zero-order valence-corrected chi connectivity index (χ0v) is 12.5. The maximum absolute atomic E-state index is 11.1. The van der Waals surface area contributed by atoms with Gasteiger partial charge in [0, 0.05) is 28.5 Å². The van der Waals surface area contributed by atoms with Crippen LogP contribution < -0.4 is 5.32 Å².